The van der Waals surface area contributed by atoms with Gasteiger partial charge in [0.25, 0.3) is 0 Å². The molecule has 1 N–H and O–H groups in total. The zero-order valence-electron chi connectivity index (χ0n) is 16.1. The predicted octanol–water partition coefficient (Wildman–Crippen LogP) is 5.89. The molecule has 0 bridgehead atoms. The fourth-order valence-electron chi connectivity index (χ4n) is 4.37. The lowest BCUT2D eigenvalue weighted by atomic mass is 9.87. The molecule has 0 aliphatic heterocycles. The fourth-order valence-corrected chi connectivity index (χ4v) is 4.37. The van der Waals surface area contributed by atoms with E-state index >= 15 is 0 Å². The summed E-state index contributed by atoms with van der Waals surface area (Å²) in [6, 6.07) is 34.1. The van der Waals surface area contributed by atoms with Crippen molar-refractivity contribution in [1.29, 1.82) is 0 Å². The molecule has 1 aliphatic carbocycles. The summed E-state index contributed by atoms with van der Waals surface area (Å²) in [6.07, 6.45) is 0. The molecule has 0 radical (unpaired) electrons. The van der Waals surface area contributed by atoms with E-state index in [-0.39, 0.29) is 19.1 Å². The van der Waals surface area contributed by atoms with Crippen molar-refractivity contribution in [2.24, 2.45) is 0 Å². The number of benzene rings is 4. The predicted molar refractivity (Wildman–Crippen MR) is 117 cm³/mol. The number of ether oxygens (including phenoxy) is 1. The highest BCUT2D eigenvalue weighted by Crippen LogP contribution is 2.48. The Hall–Kier alpha value is -3.36. The standard InChI is InChI=1S/C27H22O2/c28-16-17-29-26-15-14-20(18-25(26)19-8-2-1-3-9-19)27-23-12-6-4-10-21(23)22-11-5-7-13-24(22)27/h1-15,18,27-28H,16-17H2. The number of hydrogen-bond donors (Lipinski definition) is 1. The van der Waals surface area contributed by atoms with Crippen molar-refractivity contribution < 1.29 is 9.84 Å². The smallest absolute Gasteiger partial charge is 0.127 e. The van der Waals surface area contributed by atoms with Crippen LogP contribution in [0.15, 0.2) is 97.1 Å². The molecule has 0 saturated carbocycles. The Morgan fingerprint density at radius 3 is 1.93 bits per heavy atom. The normalized spacial score (nSPS) is 12.4. The highest BCUT2D eigenvalue weighted by molar-refractivity contribution is 5.81. The van der Waals surface area contributed by atoms with Gasteiger partial charge in [-0.2, -0.15) is 0 Å². The second-order valence-electron chi connectivity index (χ2n) is 7.30. The van der Waals surface area contributed by atoms with Crippen LogP contribution in [-0.2, 0) is 0 Å². The summed E-state index contributed by atoms with van der Waals surface area (Å²) < 4.78 is 5.85. The van der Waals surface area contributed by atoms with E-state index < -0.39 is 0 Å². The van der Waals surface area contributed by atoms with Gasteiger partial charge in [0.1, 0.15) is 12.4 Å². The van der Waals surface area contributed by atoms with Crippen molar-refractivity contribution in [3.63, 3.8) is 0 Å². The molecule has 4 aromatic rings. The van der Waals surface area contributed by atoms with Crippen LogP contribution < -0.4 is 4.74 Å². The molecular formula is C27H22O2. The molecule has 0 saturated heterocycles. The van der Waals surface area contributed by atoms with Gasteiger partial charge in [-0.05, 0) is 45.5 Å². The molecule has 142 valence electrons. The van der Waals surface area contributed by atoms with Crippen molar-refractivity contribution in [3.05, 3.63) is 114 Å². The molecular weight excluding hydrogens is 356 g/mol. The summed E-state index contributed by atoms with van der Waals surface area (Å²) in [5.41, 5.74) is 8.73. The van der Waals surface area contributed by atoms with E-state index in [9.17, 15) is 5.11 Å². The molecule has 4 aromatic carbocycles. The second-order valence-corrected chi connectivity index (χ2v) is 7.30. The van der Waals surface area contributed by atoms with E-state index in [0.717, 1.165) is 16.9 Å². The summed E-state index contributed by atoms with van der Waals surface area (Å²) in [5, 5.41) is 9.21. The first kappa shape index (κ1) is 17.7. The first-order valence-electron chi connectivity index (χ1n) is 9.98. The van der Waals surface area contributed by atoms with Crippen LogP contribution >= 0.6 is 0 Å². The summed E-state index contributed by atoms with van der Waals surface area (Å²) in [7, 11) is 0. The summed E-state index contributed by atoms with van der Waals surface area (Å²) >= 11 is 0. The van der Waals surface area contributed by atoms with Gasteiger partial charge in [-0.1, -0.05) is 84.9 Å². The monoisotopic (exact) mass is 378 g/mol. The fraction of sp³-hybridized carbons (Fsp3) is 0.111. The average Bonchev–Trinajstić information content (AvgIpc) is 3.13. The molecule has 5 rings (SSSR count). The maximum absolute atomic E-state index is 9.21. The third-order valence-electron chi connectivity index (χ3n) is 5.60. The SMILES string of the molecule is OCCOc1ccc(C2c3ccccc3-c3ccccc32)cc1-c1ccccc1. The number of hydrogen-bond acceptors (Lipinski definition) is 2. The van der Waals surface area contributed by atoms with Gasteiger partial charge in [0, 0.05) is 11.5 Å². The van der Waals surface area contributed by atoms with E-state index in [1.807, 2.05) is 24.3 Å². The Labute approximate surface area is 171 Å². The van der Waals surface area contributed by atoms with Crippen LogP contribution in [0.25, 0.3) is 22.3 Å². The molecule has 1 aliphatic rings. The first-order chi connectivity index (χ1) is 14.4. The van der Waals surface area contributed by atoms with Gasteiger partial charge in [0.2, 0.25) is 0 Å². The quantitative estimate of drug-likeness (QED) is 0.413. The number of rotatable bonds is 5. The Bertz CT molecular complexity index is 1100. The van der Waals surface area contributed by atoms with Gasteiger partial charge < -0.3 is 9.84 Å². The molecule has 0 atom stereocenters. The Morgan fingerprint density at radius 2 is 1.28 bits per heavy atom. The minimum atomic E-state index is -0.000638. The van der Waals surface area contributed by atoms with Crippen LogP contribution in [0.4, 0.5) is 0 Å². The van der Waals surface area contributed by atoms with Crippen molar-refractivity contribution in [2.45, 2.75) is 5.92 Å². The van der Waals surface area contributed by atoms with Gasteiger partial charge in [0.05, 0.1) is 6.61 Å². The van der Waals surface area contributed by atoms with E-state index in [4.69, 9.17) is 4.74 Å². The summed E-state index contributed by atoms with van der Waals surface area (Å²) in [4.78, 5) is 0. The van der Waals surface area contributed by atoms with Crippen LogP contribution in [0.1, 0.15) is 22.6 Å². The van der Waals surface area contributed by atoms with Crippen LogP contribution in [0, 0.1) is 0 Å². The highest BCUT2D eigenvalue weighted by atomic mass is 16.5. The second kappa shape index (κ2) is 7.57. The van der Waals surface area contributed by atoms with E-state index in [1.54, 1.807) is 0 Å². The topological polar surface area (TPSA) is 29.5 Å². The zero-order valence-corrected chi connectivity index (χ0v) is 16.1. The number of aliphatic hydroxyl groups is 1. The van der Waals surface area contributed by atoms with Gasteiger partial charge in [0.15, 0.2) is 0 Å². The lowest BCUT2D eigenvalue weighted by molar-refractivity contribution is 0.202. The number of fused-ring (bicyclic) bond motifs is 3. The lowest BCUT2D eigenvalue weighted by Gasteiger charge is -2.18. The molecule has 0 aromatic heterocycles. The van der Waals surface area contributed by atoms with Crippen molar-refractivity contribution in [1.82, 2.24) is 0 Å². The lowest BCUT2D eigenvalue weighted by Crippen LogP contribution is -2.04. The Balaban J connectivity index is 1.67. The van der Waals surface area contributed by atoms with Crippen LogP contribution in [-0.4, -0.2) is 18.3 Å². The van der Waals surface area contributed by atoms with Crippen molar-refractivity contribution >= 4 is 0 Å². The van der Waals surface area contributed by atoms with Crippen LogP contribution in [0.3, 0.4) is 0 Å². The van der Waals surface area contributed by atoms with Gasteiger partial charge in [-0.3, -0.25) is 0 Å². The van der Waals surface area contributed by atoms with Gasteiger partial charge in [-0.25, -0.2) is 0 Å². The molecule has 0 unspecified atom stereocenters. The third kappa shape index (κ3) is 3.12. The average molecular weight is 378 g/mol. The zero-order chi connectivity index (χ0) is 19.6. The maximum atomic E-state index is 9.21. The van der Waals surface area contributed by atoms with Crippen LogP contribution in [0.5, 0.6) is 5.75 Å². The van der Waals surface area contributed by atoms with Crippen molar-refractivity contribution in [2.75, 3.05) is 13.2 Å². The Morgan fingerprint density at radius 1 is 0.655 bits per heavy atom. The minimum Gasteiger partial charge on any atom is -0.491 e. The molecule has 0 spiro atoms. The van der Waals surface area contributed by atoms with Crippen LogP contribution in [0.2, 0.25) is 0 Å². The molecule has 2 nitrogen and oxygen atoms in total. The highest BCUT2D eigenvalue weighted by Gasteiger charge is 2.29. The third-order valence-corrected chi connectivity index (χ3v) is 5.60. The van der Waals surface area contributed by atoms with E-state index in [1.165, 1.54) is 27.8 Å². The largest absolute Gasteiger partial charge is 0.491 e. The van der Waals surface area contributed by atoms with Crippen molar-refractivity contribution in [3.8, 4) is 28.0 Å². The maximum Gasteiger partial charge on any atom is 0.127 e. The Kier molecular flexibility index (Phi) is 4.63. The van der Waals surface area contributed by atoms with E-state index in [0.29, 0.717) is 0 Å². The van der Waals surface area contributed by atoms with E-state index in [2.05, 4.69) is 72.8 Å². The molecule has 29 heavy (non-hydrogen) atoms. The molecule has 2 heteroatoms. The first-order valence-corrected chi connectivity index (χ1v) is 9.98. The summed E-state index contributed by atoms with van der Waals surface area (Å²) in [6.45, 7) is 0.285. The van der Waals surface area contributed by atoms with Gasteiger partial charge >= 0.3 is 0 Å². The molecule has 0 fully saturated rings. The minimum absolute atomic E-state index is 0.000638. The molecule has 0 amide bonds. The molecule has 0 heterocycles. The number of aliphatic hydroxyl groups excluding tert-OH is 1. The van der Waals surface area contributed by atoms with Gasteiger partial charge in [-0.15, -0.1) is 0 Å². The summed E-state index contributed by atoms with van der Waals surface area (Å²) in [5.74, 6) is 1.00.